The number of hydrogen-bond acceptors (Lipinski definition) is 5. The summed E-state index contributed by atoms with van der Waals surface area (Å²) in [6.07, 6.45) is 0.125. The van der Waals surface area contributed by atoms with Crippen molar-refractivity contribution in [2.24, 2.45) is 0 Å². The van der Waals surface area contributed by atoms with E-state index in [1.54, 1.807) is 23.6 Å². The predicted octanol–water partition coefficient (Wildman–Crippen LogP) is 4.79. The molecule has 2 aromatic carbocycles. The van der Waals surface area contributed by atoms with Crippen molar-refractivity contribution in [2.45, 2.75) is 32.9 Å². The molecule has 5 nitrogen and oxygen atoms in total. The Bertz CT molecular complexity index is 919. The fraction of sp³-hybridized carbons (Fsp3) is 0.238. The largest absolute Gasteiger partial charge is 0.508 e. The van der Waals surface area contributed by atoms with E-state index in [1.165, 1.54) is 11.3 Å². The van der Waals surface area contributed by atoms with E-state index in [2.05, 4.69) is 10.3 Å². The zero-order valence-corrected chi connectivity index (χ0v) is 16.3. The van der Waals surface area contributed by atoms with Crippen LogP contribution in [0.25, 0.3) is 10.6 Å². The summed E-state index contributed by atoms with van der Waals surface area (Å²) in [5.74, 6) is 0.741. The molecular formula is C21H22N2O3S. The fourth-order valence-electron chi connectivity index (χ4n) is 2.61. The van der Waals surface area contributed by atoms with Gasteiger partial charge >= 0.3 is 0 Å². The molecule has 3 rings (SSSR count). The van der Waals surface area contributed by atoms with Gasteiger partial charge in [0.1, 0.15) is 22.2 Å². The number of hydrogen-bond donors (Lipinski definition) is 2. The average molecular weight is 382 g/mol. The molecule has 1 heterocycles. The molecule has 1 atom stereocenters. The summed E-state index contributed by atoms with van der Waals surface area (Å²) in [7, 11) is 0. The van der Waals surface area contributed by atoms with Gasteiger partial charge in [-0.3, -0.25) is 4.79 Å². The zero-order valence-electron chi connectivity index (χ0n) is 15.5. The van der Waals surface area contributed by atoms with Crippen LogP contribution in [0.1, 0.15) is 42.9 Å². The van der Waals surface area contributed by atoms with E-state index in [-0.39, 0.29) is 23.8 Å². The minimum atomic E-state index is -0.242. The maximum atomic E-state index is 12.5. The van der Waals surface area contributed by atoms with Crippen molar-refractivity contribution in [3.05, 3.63) is 65.2 Å². The van der Waals surface area contributed by atoms with Gasteiger partial charge in [0.15, 0.2) is 0 Å². The van der Waals surface area contributed by atoms with Gasteiger partial charge < -0.3 is 15.2 Å². The fourth-order valence-corrected chi connectivity index (χ4v) is 3.41. The number of nitrogens with zero attached hydrogens (tertiary/aromatic N) is 1. The molecule has 140 valence electrons. The average Bonchev–Trinajstić information content (AvgIpc) is 3.12. The first-order chi connectivity index (χ1) is 12.9. The number of nitrogens with one attached hydrogen (secondary N) is 1. The number of benzene rings is 2. The third-order valence-corrected chi connectivity index (χ3v) is 4.82. The normalized spacial score (nSPS) is 12.0. The van der Waals surface area contributed by atoms with Crippen molar-refractivity contribution in [3.8, 4) is 22.1 Å². The van der Waals surface area contributed by atoms with Crippen LogP contribution in [0.15, 0.2) is 53.9 Å². The van der Waals surface area contributed by atoms with E-state index in [0.717, 1.165) is 21.9 Å². The Labute approximate surface area is 162 Å². The molecule has 0 aliphatic carbocycles. The topological polar surface area (TPSA) is 71.5 Å². The molecule has 0 radical (unpaired) electrons. The molecule has 1 amide bonds. The molecule has 0 aliphatic heterocycles. The van der Waals surface area contributed by atoms with Crippen LogP contribution in [0.5, 0.6) is 11.5 Å². The standard InChI is InChI=1S/C21H22N2O3S/c1-13(2)26-18-9-7-15(8-10-18)21-23-19(12-27-21)20(25)22-14(3)16-5-4-6-17(24)11-16/h4-14,24H,1-3H3,(H,22,25). The van der Waals surface area contributed by atoms with Crippen molar-refractivity contribution >= 4 is 17.2 Å². The molecule has 0 saturated heterocycles. The van der Waals surface area contributed by atoms with E-state index < -0.39 is 0 Å². The van der Waals surface area contributed by atoms with Crippen LogP contribution in [0.4, 0.5) is 0 Å². The van der Waals surface area contributed by atoms with E-state index in [4.69, 9.17) is 4.74 Å². The Morgan fingerprint density at radius 3 is 2.56 bits per heavy atom. The second-order valence-electron chi connectivity index (χ2n) is 6.52. The Morgan fingerprint density at radius 2 is 1.89 bits per heavy atom. The number of phenolic OH excluding ortho intramolecular Hbond substituents is 1. The van der Waals surface area contributed by atoms with Gasteiger partial charge in [0.25, 0.3) is 5.91 Å². The highest BCUT2D eigenvalue weighted by Crippen LogP contribution is 2.26. The lowest BCUT2D eigenvalue weighted by Gasteiger charge is -2.13. The summed E-state index contributed by atoms with van der Waals surface area (Å²) in [6, 6.07) is 14.3. The number of amides is 1. The summed E-state index contributed by atoms with van der Waals surface area (Å²) in [5, 5.41) is 15.0. The van der Waals surface area contributed by atoms with E-state index in [9.17, 15) is 9.90 Å². The van der Waals surface area contributed by atoms with E-state index in [0.29, 0.717) is 5.69 Å². The van der Waals surface area contributed by atoms with Crippen LogP contribution in [-0.4, -0.2) is 22.1 Å². The molecule has 0 saturated carbocycles. The molecule has 0 bridgehead atoms. The van der Waals surface area contributed by atoms with Crippen LogP contribution in [0.2, 0.25) is 0 Å². The van der Waals surface area contributed by atoms with Gasteiger partial charge in [-0.15, -0.1) is 11.3 Å². The second kappa shape index (κ2) is 8.22. The molecule has 2 N–H and O–H groups in total. The first-order valence-electron chi connectivity index (χ1n) is 8.75. The van der Waals surface area contributed by atoms with E-state index in [1.807, 2.05) is 51.1 Å². The first kappa shape index (κ1) is 18.9. The lowest BCUT2D eigenvalue weighted by Crippen LogP contribution is -2.26. The molecule has 0 aliphatic rings. The lowest BCUT2D eigenvalue weighted by molar-refractivity contribution is 0.0935. The molecular weight excluding hydrogens is 360 g/mol. The van der Waals surface area contributed by atoms with Gasteiger partial charge in [0.05, 0.1) is 12.1 Å². The maximum absolute atomic E-state index is 12.5. The number of aromatic hydroxyl groups is 1. The summed E-state index contributed by atoms with van der Waals surface area (Å²) in [4.78, 5) is 16.9. The van der Waals surface area contributed by atoms with Crippen LogP contribution >= 0.6 is 11.3 Å². The zero-order chi connectivity index (χ0) is 19.4. The SMILES string of the molecule is CC(C)Oc1ccc(-c2nc(C(=O)NC(C)c3cccc(O)c3)cs2)cc1. The van der Waals surface area contributed by atoms with Crippen LogP contribution in [0.3, 0.4) is 0 Å². The minimum absolute atomic E-state index is 0.125. The van der Waals surface area contributed by atoms with Crippen molar-refractivity contribution in [3.63, 3.8) is 0 Å². The van der Waals surface area contributed by atoms with Gasteiger partial charge in [-0.05, 0) is 62.7 Å². The third-order valence-electron chi connectivity index (χ3n) is 3.93. The molecule has 6 heteroatoms. The monoisotopic (exact) mass is 382 g/mol. The number of thiazole rings is 1. The quantitative estimate of drug-likeness (QED) is 0.643. The first-order valence-corrected chi connectivity index (χ1v) is 9.63. The van der Waals surface area contributed by atoms with Crippen molar-refractivity contribution in [2.75, 3.05) is 0 Å². The third kappa shape index (κ3) is 4.86. The highest BCUT2D eigenvalue weighted by atomic mass is 32.1. The summed E-state index contributed by atoms with van der Waals surface area (Å²) < 4.78 is 5.64. The highest BCUT2D eigenvalue weighted by Gasteiger charge is 2.15. The predicted molar refractivity (Wildman–Crippen MR) is 107 cm³/mol. The number of rotatable bonds is 6. The summed E-state index contributed by atoms with van der Waals surface area (Å²) in [5.41, 5.74) is 2.15. The number of phenols is 1. The molecule has 1 aromatic heterocycles. The Balaban J connectivity index is 1.68. The second-order valence-corrected chi connectivity index (χ2v) is 7.38. The number of carbonyl (C=O) groups excluding carboxylic acids is 1. The smallest absolute Gasteiger partial charge is 0.271 e. The molecule has 3 aromatic rings. The minimum Gasteiger partial charge on any atom is -0.508 e. The molecule has 0 spiro atoms. The lowest BCUT2D eigenvalue weighted by atomic mass is 10.1. The molecule has 1 unspecified atom stereocenters. The van der Waals surface area contributed by atoms with Crippen LogP contribution in [0, 0.1) is 0 Å². The van der Waals surface area contributed by atoms with Crippen LogP contribution in [-0.2, 0) is 0 Å². The summed E-state index contributed by atoms with van der Waals surface area (Å²) >= 11 is 1.42. The Morgan fingerprint density at radius 1 is 1.15 bits per heavy atom. The Kier molecular flexibility index (Phi) is 5.76. The van der Waals surface area contributed by atoms with Gasteiger partial charge in [0.2, 0.25) is 0 Å². The van der Waals surface area contributed by atoms with Gasteiger partial charge in [-0.25, -0.2) is 4.98 Å². The Hall–Kier alpha value is -2.86. The van der Waals surface area contributed by atoms with Crippen molar-refractivity contribution in [1.29, 1.82) is 0 Å². The number of aromatic nitrogens is 1. The van der Waals surface area contributed by atoms with Gasteiger partial charge in [0, 0.05) is 10.9 Å². The highest BCUT2D eigenvalue weighted by molar-refractivity contribution is 7.13. The van der Waals surface area contributed by atoms with Crippen molar-refractivity contribution in [1.82, 2.24) is 10.3 Å². The molecule has 0 fully saturated rings. The van der Waals surface area contributed by atoms with Crippen LogP contribution < -0.4 is 10.1 Å². The summed E-state index contributed by atoms with van der Waals surface area (Å²) in [6.45, 7) is 5.84. The van der Waals surface area contributed by atoms with Gasteiger partial charge in [-0.1, -0.05) is 12.1 Å². The number of carbonyl (C=O) groups is 1. The molecule has 27 heavy (non-hydrogen) atoms. The van der Waals surface area contributed by atoms with Crippen molar-refractivity contribution < 1.29 is 14.6 Å². The van der Waals surface area contributed by atoms with E-state index >= 15 is 0 Å². The van der Waals surface area contributed by atoms with Gasteiger partial charge in [-0.2, -0.15) is 0 Å². The maximum Gasteiger partial charge on any atom is 0.271 e. The number of ether oxygens (including phenoxy) is 1.